The molecule has 0 atom stereocenters. The number of imide groups is 1. The molecule has 2 aromatic carbocycles. The zero-order valence-corrected chi connectivity index (χ0v) is 19.1. The molecule has 1 spiro atoms. The van der Waals surface area contributed by atoms with Crippen molar-refractivity contribution >= 4 is 40.6 Å². The number of hydrogen-bond donors (Lipinski definition) is 3. The Labute approximate surface area is 195 Å². The number of nitrogens with zero attached hydrogens (tertiary/aromatic N) is 2. The molecule has 5 rings (SSSR count). The van der Waals surface area contributed by atoms with Gasteiger partial charge in [-0.1, -0.05) is 43.0 Å². The van der Waals surface area contributed by atoms with Gasteiger partial charge >= 0.3 is 6.03 Å². The third-order valence-corrected chi connectivity index (χ3v) is 7.41. The first-order valence-corrected chi connectivity index (χ1v) is 12.1. The number of fused-ring (bicyclic) bond motifs is 1. The molecule has 8 nitrogen and oxygen atoms in total. The highest BCUT2D eigenvalue weighted by atomic mass is 32.2. The first-order chi connectivity index (χ1) is 15.9. The predicted octanol–water partition coefficient (Wildman–Crippen LogP) is 4.00. The maximum absolute atomic E-state index is 12.9. The Kier molecular flexibility index (Phi) is 5.57. The molecule has 0 unspecified atom stereocenters. The molecule has 0 radical (unpaired) electrons. The van der Waals surface area contributed by atoms with Crippen LogP contribution in [0.3, 0.4) is 0 Å². The van der Waals surface area contributed by atoms with Gasteiger partial charge < -0.3 is 10.3 Å². The molecule has 9 heteroatoms. The van der Waals surface area contributed by atoms with Crippen LogP contribution in [-0.4, -0.2) is 38.4 Å². The van der Waals surface area contributed by atoms with Gasteiger partial charge in [0.05, 0.1) is 11.0 Å². The summed E-state index contributed by atoms with van der Waals surface area (Å²) in [6.07, 6.45) is 2.95. The lowest BCUT2D eigenvalue weighted by molar-refractivity contribution is -0.134. The Morgan fingerprint density at radius 3 is 2.61 bits per heavy atom. The lowest BCUT2D eigenvalue weighted by atomic mass is 9.77. The van der Waals surface area contributed by atoms with E-state index in [-0.39, 0.29) is 5.91 Å². The summed E-state index contributed by atoms with van der Waals surface area (Å²) in [5, 5.41) is 4.48. The molecule has 2 fully saturated rings. The highest BCUT2D eigenvalue weighted by Crippen LogP contribution is 2.35. The number of thioether (sulfide) groups is 1. The van der Waals surface area contributed by atoms with Gasteiger partial charge in [-0.3, -0.25) is 15.0 Å². The van der Waals surface area contributed by atoms with E-state index in [4.69, 9.17) is 0 Å². The number of para-hydroxylation sites is 2. The van der Waals surface area contributed by atoms with E-state index >= 15 is 0 Å². The number of aromatic nitrogens is 2. The molecule has 170 valence electrons. The number of hydrogen-bond acceptors (Lipinski definition) is 5. The van der Waals surface area contributed by atoms with E-state index in [2.05, 4.69) is 27.6 Å². The summed E-state index contributed by atoms with van der Waals surface area (Å²) in [7, 11) is 0. The second kappa shape index (κ2) is 8.55. The summed E-state index contributed by atoms with van der Waals surface area (Å²) < 4.78 is 0. The normalized spacial score (nSPS) is 22.7. The second-order valence-electron chi connectivity index (χ2n) is 8.82. The van der Waals surface area contributed by atoms with Crippen LogP contribution in [0.4, 0.5) is 4.79 Å². The monoisotopic (exact) mass is 463 g/mol. The van der Waals surface area contributed by atoms with Crippen LogP contribution >= 0.6 is 11.8 Å². The van der Waals surface area contributed by atoms with Crippen molar-refractivity contribution in [3.05, 3.63) is 59.7 Å². The average molecular weight is 464 g/mol. The number of imidazole rings is 1. The maximum atomic E-state index is 12.9. The van der Waals surface area contributed by atoms with Crippen molar-refractivity contribution in [2.75, 3.05) is 0 Å². The molecule has 2 aliphatic rings. The van der Waals surface area contributed by atoms with E-state index in [1.165, 1.54) is 0 Å². The fraction of sp³-hybridized carbons (Fsp3) is 0.333. The van der Waals surface area contributed by atoms with Crippen molar-refractivity contribution in [3.63, 3.8) is 0 Å². The fourth-order valence-corrected chi connectivity index (χ4v) is 5.22. The van der Waals surface area contributed by atoms with Gasteiger partial charge in [0.15, 0.2) is 5.16 Å². The van der Waals surface area contributed by atoms with E-state index in [9.17, 15) is 14.4 Å². The van der Waals surface area contributed by atoms with E-state index in [0.717, 1.165) is 39.6 Å². The van der Waals surface area contributed by atoms with Crippen molar-refractivity contribution in [1.82, 2.24) is 25.7 Å². The van der Waals surface area contributed by atoms with E-state index < -0.39 is 17.5 Å². The summed E-state index contributed by atoms with van der Waals surface area (Å²) in [4.78, 5) is 45.9. The third kappa shape index (κ3) is 4.20. The largest absolute Gasteiger partial charge is 0.344 e. The summed E-state index contributed by atoms with van der Waals surface area (Å²) in [6, 6.07) is 14.4. The topological polar surface area (TPSA) is 107 Å². The number of carbonyl (C=O) groups is 3. The minimum atomic E-state index is -0.880. The van der Waals surface area contributed by atoms with Crippen molar-refractivity contribution in [2.45, 2.75) is 49.1 Å². The number of urea groups is 1. The van der Waals surface area contributed by atoms with Crippen molar-refractivity contribution in [1.29, 1.82) is 0 Å². The number of carbonyl (C=O) groups excluding carboxylic acids is 3. The number of aromatic amines is 1. The number of H-pyrrole nitrogens is 1. The van der Waals surface area contributed by atoms with Crippen molar-refractivity contribution in [3.8, 4) is 0 Å². The smallest absolute Gasteiger partial charge is 0.333 e. The van der Waals surface area contributed by atoms with Crippen LogP contribution in [0.5, 0.6) is 0 Å². The summed E-state index contributed by atoms with van der Waals surface area (Å²) >= 11 is 1.58. The minimum Gasteiger partial charge on any atom is -0.333 e. The van der Waals surface area contributed by atoms with Gasteiger partial charge in [-0.15, -0.1) is 0 Å². The van der Waals surface area contributed by atoms with Gasteiger partial charge in [-0.25, -0.2) is 9.78 Å². The summed E-state index contributed by atoms with van der Waals surface area (Å²) in [5.74, 6) is 0.366. The number of rotatable bonds is 5. The van der Waals surface area contributed by atoms with Crippen LogP contribution in [0, 0.1) is 5.92 Å². The Morgan fingerprint density at radius 2 is 1.88 bits per heavy atom. The first-order valence-electron chi connectivity index (χ1n) is 11.1. The van der Waals surface area contributed by atoms with Crippen molar-refractivity contribution in [2.24, 2.45) is 5.92 Å². The van der Waals surface area contributed by atoms with Gasteiger partial charge in [0.25, 0.3) is 11.8 Å². The zero-order chi connectivity index (χ0) is 23.0. The lowest BCUT2D eigenvalue weighted by Crippen LogP contribution is -2.51. The molecule has 3 N–H and O–H groups in total. The molecule has 0 bridgehead atoms. The van der Waals surface area contributed by atoms with Crippen LogP contribution < -0.4 is 10.7 Å². The molecular weight excluding hydrogens is 438 g/mol. The van der Waals surface area contributed by atoms with Crippen molar-refractivity contribution < 1.29 is 14.4 Å². The molecule has 1 aromatic heterocycles. The van der Waals surface area contributed by atoms with Gasteiger partial charge in [-0.05, 0) is 61.4 Å². The predicted molar refractivity (Wildman–Crippen MR) is 125 cm³/mol. The molecule has 1 saturated heterocycles. The van der Waals surface area contributed by atoms with Crippen LogP contribution in [0.2, 0.25) is 0 Å². The average Bonchev–Trinajstić information content (AvgIpc) is 3.34. The molecule has 1 saturated carbocycles. The molecule has 2 heterocycles. The highest BCUT2D eigenvalue weighted by molar-refractivity contribution is 7.98. The summed E-state index contributed by atoms with van der Waals surface area (Å²) in [5.41, 5.74) is 4.94. The molecule has 1 aliphatic heterocycles. The number of benzene rings is 2. The Balaban J connectivity index is 1.20. The van der Waals surface area contributed by atoms with Crippen LogP contribution in [0.15, 0.2) is 53.7 Å². The molecule has 1 aliphatic carbocycles. The lowest BCUT2D eigenvalue weighted by Gasteiger charge is -2.33. The first kappa shape index (κ1) is 21.5. The minimum absolute atomic E-state index is 0.369. The Morgan fingerprint density at radius 1 is 1.15 bits per heavy atom. The number of hydrazine groups is 1. The van der Waals surface area contributed by atoms with E-state index in [0.29, 0.717) is 30.1 Å². The Hall–Kier alpha value is -3.33. The maximum Gasteiger partial charge on any atom is 0.344 e. The van der Waals surface area contributed by atoms with E-state index in [1.807, 2.05) is 36.4 Å². The van der Waals surface area contributed by atoms with Crippen LogP contribution in [-0.2, 0) is 10.5 Å². The van der Waals surface area contributed by atoms with Gasteiger partial charge in [-0.2, -0.15) is 5.01 Å². The SMILES string of the molecule is CC1CCC2(CC1)NC(=O)N(NC(=O)c1ccc(CSc3nc4ccccc4[nH]3)cc1)C2=O. The highest BCUT2D eigenvalue weighted by Gasteiger charge is 2.52. The third-order valence-electron chi connectivity index (χ3n) is 6.46. The van der Waals surface area contributed by atoms with E-state index in [1.54, 1.807) is 23.9 Å². The Bertz CT molecular complexity index is 1180. The zero-order valence-electron chi connectivity index (χ0n) is 18.3. The molecule has 33 heavy (non-hydrogen) atoms. The van der Waals surface area contributed by atoms with Gasteiger partial charge in [0.1, 0.15) is 5.54 Å². The summed E-state index contributed by atoms with van der Waals surface area (Å²) in [6.45, 7) is 2.15. The fourth-order valence-electron chi connectivity index (χ4n) is 4.38. The van der Waals surface area contributed by atoms with Crippen LogP contribution in [0.1, 0.15) is 48.5 Å². The molecule has 4 amide bonds. The second-order valence-corrected chi connectivity index (χ2v) is 9.79. The molecule has 3 aromatic rings. The number of nitrogens with one attached hydrogen (secondary N) is 3. The van der Waals surface area contributed by atoms with Crippen LogP contribution in [0.25, 0.3) is 11.0 Å². The quantitative estimate of drug-likeness (QED) is 0.392. The van der Waals surface area contributed by atoms with Gasteiger partial charge in [0, 0.05) is 11.3 Å². The number of amides is 4. The molecular formula is C24H25N5O3S. The van der Waals surface area contributed by atoms with Gasteiger partial charge in [0.2, 0.25) is 0 Å². The standard InChI is InChI=1S/C24H25N5O3S/c1-15-10-12-24(13-11-15)21(31)29(23(32)27-24)28-20(30)17-8-6-16(7-9-17)14-33-22-25-18-4-2-3-5-19(18)26-22/h2-9,15H,10-14H2,1H3,(H,25,26)(H,27,32)(H,28,30).